The molecule has 0 aromatic heterocycles. The third-order valence-electron chi connectivity index (χ3n) is 4.36. The van der Waals surface area contributed by atoms with Crippen LogP contribution in [0.4, 0.5) is 5.69 Å². The number of benzene rings is 2. The van der Waals surface area contributed by atoms with Gasteiger partial charge in [-0.05, 0) is 37.3 Å². The minimum Gasteiger partial charge on any atom is -0.456 e. The van der Waals surface area contributed by atoms with Gasteiger partial charge in [0.15, 0.2) is 12.4 Å². The second-order valence-electron chi connectivity index (χ2n) is 6.15. The lowest BCUT2D eigenvalue weighted by Crippen LogP contribution is -2.44. The molecule has 0 unspecified atom stereocenters. The van der Waals surface area contributed by atoms with E-state index in [4.69, 9.17) is 16.3 Å². The highest BCUT2D eigenvalue weighted by atomic mass is 35.5. The van der Waals surface area contributed by atoms with Crippen LogP contribution >= 0.6 is 11.6 Å². The van der Waals surface area contributed by atoms with Gasteiger partial charge in [-0.3, -0.25) is 29.4 Å². The number of hydrogen-bond donors (Lipinski definition) is 0. The van der Waals surface area contributed by atoms with Gasteiger partial charge in [-0.1, -0.05) is 17.7 Å². The summed E-state index contributed by atoms with van der Waals surface area (Å²) in [7, 11) is 0. The summed E-state index contributed by atoms with van der Waals surface area (Å²) in [5.74, 6) is -3.31. The fourth-order valence-electron chi connectivity index (χ4n) is 2.87. The predicted molar refractivity (Wildman–Crippen MR) is 99.8 cm³/mol. The molecule has 3 rings (SSSR count). The Balaban J connectivity index is 1.73. The molecule has 0 fully saturated rings. The summed E-state index contributed by atoms with van der Waals surface area (Å²) in [6.07, 6.45) is 0. The molecule has 0 N–H and O–H groups in total. The number of nitro benzene ring substituents is 1. The normalized spacial score (nSPS) is 13.8. The van der Waals surface area contributed by atoms with Crippen molar-refractivity contribution in [3.8, 4) is 0 Å². The van der Waals surface area contributed by atoms with Crippen molar-refractivity contribution in [2.45, 2.75) is 13.0 Å². The van der Waals surface area contributed by atoms with Crippen molar-refractivity contribution in [3.63, 3.8) is 0 Å². The Hall–Kier alpha value is -3.59. The Morgan fingerprint density at radius 3 is 2.41 bits per heavy atom. The zero-order valence-corrected chi connectivity index (χ0v) is 15.7. The highest BCUT2D eigenvalue weighted by molar-refractivity contribution is 6.30. The van der Waals surface area contributed by atoms with E-state index in [9.17, 15) is 29.3 Å². The molecule has 29 heavy (non-hydrogen) atoms. The summed E-state index contributed by atoms with van der Waals surface area (Å²) in [4.78, 5) is 60.4. The van der Waals surface area contributed by atoms with Crippen LogP contribution in [-0.4, -0.2) is 46.0 Å². The van der Waals surface area contributed by atoms with Crippen LogP contribution in [0.15, 0.2) is 42.5 Å². The van der Waals surface area contributed by atoms with Gasteiger partial charge in [0.1, 0.15) is 11.6 Å². The smallest absolute Gasteiger partial charge is 0.329 e. The van der Waals surface area contributed by atoms with E-state index >= 15 is 0 Å². The fraction of sp³-hybridized carbons (Fsp3) is 0.158. The molecule has 1 atom stereocenters. The number of halogens is 1. The van der Waals surface area contributed by atoms with Gasteiger partial charge in [-0.2, -0.15) is 0 Å². The summed E-state index contributed by atoms with van der Waals surface area (Å²) in [6, 6.07) is 8.21. The van der Waals surface area contributed by atoms with Crippen LogP contribution in [0.3, 0.4) is 0 Å². The molecule has 0 saturated carbocycles. The zero-order chi connectivity index (χ0) is 21.3. The van der Waals surface area contributed by atoms with Gasteiger partial charge in [0.25, 0.3) is 17.5 Å². The first kappa shape index (κ1) is 20.2. The van der Waals surface area contributed by atoms with E-state index in [1.807, 2.05) is 0 Å². The van der Waals surface area contributed by atoms with Gasteiger partial charge in [0.2, 0.25) is 0 Å². The first-order valence-electron chi connectivity index (χ1n) is 8.33. The molecule has 2 aromatic carbocycles. The lowest BCUT2D eigenvalue weighted by atomic mass is 10.1. The molecule has 0 saturated heterocycles. The summed E-state index contributed by atoms with van der Waals surface area (Å²) in [5.41, 5.74) is -0.798. The van der Waals surface area contributed by atoms with Crippen LogP contribution in [0.2, 0.25) is 5.02 Å². The van der Waals surface area contributed by atoms with Crippen LogP contribution in [0.25, 0.3) is 0 Å². The maximum atomic E-state index is 12.6. The fourth-order valence-corrected chi connectivity index (χ4v) is 3.00. The Morgan fingerprint density at radius 1 is 1.14 bits per heavy atom. The first-order valence-corrected chi connectivity index (χ1v) is 8.71. The summed E-state index contributed by atoms with van der Waals surface area (Å²) in [5, 5.41) is 11.6. The number of carbonyl (C=O) groups excluding carboxylic acids is 4. The number of amides is 2. The molecule has 2 aromatic rings. The van der Waals surface area contributed by atoms with Crippen LogP contribution in [0, 0.1) is 10.1 Å². The maximum Gasteiger partial charge on any atom is 0.329 e. The molecule has 0 aliphatic carbocycles. The predicted octanol–water partition coefficient (Wildman–Crippen LogP) is 2.66. The van der Waals surface area contributed by atoms with Crippen molar-refractivity contribution in [2.75, 3.05) is 6.61 Å². The number of imide groups is 1. The van der Waals surface area contributed by atoms with Gasteiger partial charge in [0, 0.05) is 16.7 Å². The molecule has 1 heterocycles. The standard InChI is InChI=1S/C19H13ClN2O7/c1-10(19(26)29-9-15(23)11-5-7-12(20)8-6-11)21-17(24)13-3-2-4-14(22(27)28)16(13)18(21)25/h2-8,10H,9H2,1H3/t10-/m1/s1. The van der Waals surface area contributed by atoms with Crippen LogP contribution in [-0.2, 0) is 9.53 Å². The molecule has 1 aliphatic rings. The van der Waals surface area contributed by atoms with Crippen LogP contribution in [0.1, 0.15) is 38.0 Å². The van der Waals surface area contributed by atoms with Crippen molar-refractivity contribution >= 4 is 40.9 Å². The van der Waals surface area contributed by atoms with Crippen molar-refractivity contribution in [3.05, 3.63) is 74.3 Å². The zero-order valence-electron chi connectivity index (χ0n) is 15.0. The monoisotopic (exact) mass is 416 g/mol. The summed E-state index contributed by atoms with van der Waals surface area (Å²) in [6.45, 7) is 0.636. The van der Waals surface area contributed by atoms with Crippen molar-refractivity contribution < 1.29 is 28.8 Å². The number of nitrogens with zero attached hydrogens (tertiary/aromatic N) is 2. The quantitative estimate of drug-likeness (QED) is 0.233. The summed E-state index contributed by atoms with van der Waals surface area (Å²) >= 11 is 5.75. The second kappa shape index (κ2) is 7.80. The van der Waals surface area contributed by atoms with Gasteiger partial charge < -0.3 is 4.74 Å². The molecule has 2 amide bonds. The van der Waals surface area contributed by atoms with Crippen molar-refractivity contribution in [1.82, 2.24) is 4.90 Å². The Morgan fingerprint density at radius 2 is 1.79 bits per heavy atom. The molecule has 9 nitrogen and oxygen atoms in total. The molecule has 148 valence electrons. The Bertz CT molecular complexity index is 1050. The third-order valence-corrected chi connectivity index (χ3v) is 4.61. The van der Waals surface area contributed by atoms with E-state index in [0.29, 0.717) is 9.92 Å². The molecular weight excluding hydrogens is 404 g/mol. The lowest BCUT2D eigenvalue weighted by Gasteiger charge is -2.20. The minimum absolute atomic E-state index is 0.166. The molecular formula is C19H13ClN2O7. The number of nitro groups is 1. The van der Waals surface area contributed by atoms with E-state index < -0.39 is 46.8 Å². The van der Waals surface area contributed by atoms with E-state index in [2.05, 4.69) is 0 Å². The highest BCUT2D eigenvalue weighted by Gasteiger charge is 2.45. The lowest BCUT2D eigenvalue weighted by molar-refractivity contribution is -0.385. The van der Waals surface area contributed by atoms with Crippen molar-refractivity contribution in [1.29, 1.82) is 0 Å². The second-order valence-corrected chi connectivity index (χ2v) is 6.59. The van der Waals surface area contributed by atoms with Gasteiger partial charge in [0.05, 0.1) is 10.5 Å². The van der Waals surface area contributed by atoms with Crippen LogP contribution < -0.4 is 0 Å². The first-order chi connectivity index (χ1) is 13.7. The maximum absolute atomic E-state index is 12.6. The molecule has 0 bridgehead atoms. The number of ketones is 1. The third kappa shape index (κ3) is 3.72. The number of esters is 1. The molecule has 10 heteroatoms. The van der Waals surface area contributed by atoms with E-state index in [1.54, 1.807) is 0 Å². The number of fused-ring (bicyclic) bond motifs is 1. The van der Waals surface area contributed by atoms with E-state index in [1.165, 1.54) is 43.3 Å². The Kier molecular flexibility index (Phi) is 5.42. The van der Waals surface area contributed by atoms with E-state index in [-0.39, 0.29) is 16.7 Å². The van der Waals surface area contributed by atoms with Crippen LogP contribution in [0.5, 0.6) is 0 Å². The highest BCUT2D eigenvalue weighted by Crippen LogP contribution is 2.32. The number of ether oxygens (including phenoxy) is 1. The molecule has 0 spiro atoms. The summed E-state index contributed by atoms with van der Waals surface area (Å²) < 4.78 is 4.93. The van der Waals surface area contributed by atoms with Crippen molar-refractivity contribution in [2.24, 2.45) is 0 Å². The largest absolute Gasteiger partial charge is 0.456 e. The van der Waals surface area contributed by atoms with Gasteiger partial charge in [-0.25, -0.2) is 4.79 Å². The minimum atomic E-state index is -1.37. The SMILES string of the molecule is C[C@H](C(=O)OCC(=O)c1ccc(Cl)cc1)N1C(=O)c2cccc([N+](=O)[O-])c2C1=O. The number of carbonyl (C=O) groups is 4. The average molecular weight is 417 g/mol. The van der Waals surface area contributed by atoms with E-state index in [0.717, 1.165) is 6.07 Å². The van der Waals surface area contributed by atoms with Gasteiger partial charge >= 0.3 is 5.97 Å². The molecule has 0 radical (unpaired) electrons. The average Bonchev–Trinajstić information content (AvgIpc) is 2.96. The molecule has 1 aliphatic heterocycles. The number of hydrogen-bond acceptors (Lipinski definition) is 7. The number of Topliss-reactive ketones (excluding diaryl/α,β-unsaturated/α-hetero) is 1. The topological polar surface area (TPSA) is 124 Å². The number of rotatable bonds is 6. The Labute approximate surface area is 169 Å². The van der Waals surface area contributed by atoms with Gasteiger partial charge in [-0.15, -0.1) is 0 Å².